The van der Waals surface area contributed by atoms with E-state index < -0.39 is 0 Å². The molecule has 0 amide bonds. The van der Waals surface area contributed by atoms with E-state index in [1.807, 2.05) is 0 Å². The second-order valence-electron chi connectivity index (χ2n) is 6.98. The molecule has 2 heteroatoms. The average molecular weight is 327 g/mol. The Bertz CT molecular complexity index is 250. The van der Waals surface area contributed by atoms with Gasteiger partial charge >= 0.3 is 5.97 Å². The molecule has 1 atom stereocenters. The Morgan fingerprint density at radius 1 is 0.652 bits per heavy atom. The van der Waals surface area contributed by atoms with Crippen LogP contribution in [0.3, 0.4) is 0 Å². The van der Waals surface area contributed by atoms with Crippen LogP contribution < -0.4 is 0 Å². The van der Waals surface area contributed by atoms with Crippen LogP contribution in [0.1, 0.15) is 117 Å². The van der Waals surface area contributed by atoms with Crippen molar-refractivity contribution in [2.45, 2.75) is 117 Å². The number of hydrogen-bond donors (Lipinski definition) is 0. The molecule has 0 saturated carbocycles. The van der Waals surface area contributed by atoms with Crippen molar-refractivity contribution < 1.29 is 9.53 Å². The number of carbonyl (C=O) groups excluding carboxylic acids is 1. The predicted molar refractivity (Wildman–Crippen MR) is 101 cm³/mol. The quantitative estimate of drug-likeness (QED) is 0.211. The van der Waals surface area contributed by atoms with Crippen molar-refractivity contribution >= 4 is 5.97 Å². The predicted octanol–water partition coefficient (Wildman–Crippen LogP) is 7.06. The van der Waals surface area contributed by atoms with Crippen molar-refractivity contribution in [2.75, 3.05) is 6.61 Å². The number of carbonyl (C=O) groups is 1. The topological polar surface area (TPSA) is 26.3 Å². The van der Waals surface area contributed by atoms with Gasteiger partial charge in [-0.2, -0.15) is 0 Å². The van der Waals surface area contributed by atoms with Crippen LogP contribution in [-0.4, -0.2) is 12.6 Å². The Balaban J connectivity index is 3.76. The molecule has 0 aliphatic heterocycles. The monoisotopic (exact) mass is 326 g/mol. The first-order valence-electron chi connectivity index (χ1n) is 10.4. The second kappa shape index (κ2) is 17.8. The summed E-state index contributed by atoms with van der Waals surface area (Å²) < 4.78 is 5.55. The maximum Gasteiger partial charge on any atom is 0.308 e. The lowest BCUT2D eigenvalue weighted by atomic mass is 9.95. The van der Waals surface area contributed by atoms with Crippen LogP contribution in [0.5, 0.6) is 0 Å². The van der Waals surface area contributed by atoms with Gasteiger partial charge in [0.1, 0.15) is 0 Å². The highest BCUT2D eigenvalue weighted by atomic mass is 16.5. The third kappa shape index (κ3) is 14.8. The number of esters is 1. The zero-order valence-electron chi connectivity index (χ0n) is 16.2. The lowest BCUT2D eigenvalue weighted by Crippen LogP contribution is -2.18. The molecule has 0 aliphatic carbocycles. The molecule has 0 aromatic rings. The van der Waals surface area contributed by atoms with Gasteiger partial charge in [-0.1, -0.05) is 97.8 Å². The van der Waals surface area contributed by atoms with Crippen LogP contribution in [0, 0.1) is 5.92 Å². The van der Waals surface area contributed by atoms with Crippen LogP contribution in [0.15, 0.2) is 0 Å². The highest BCUT2D eigenvalue weighted by Gasteiger charge is 2.18. The van der Waals surface area contributed by atoms with Crippen molar-refractivity contribution in [3.05, 3.63) is 0 Å². The summed E-state index contributed by atoms with van der Waals surface area (Å²) in [5.41, 5.74) is 0. The Labute approximate surface area is 145 Å². The maximum absolute atomic E-state index is 12.3. The Kier molecular flexibility index (Phi) is 17.4. The summed E-state index contributed by atoms with van der Waals surface area (Å²) in [6, 6.07) is 0. The van der Waals surface area contributed by atoms with E-state index in [0.717, 1.165) is 32.1 Å². The average Bonchev–Trinajstić information content (AvgIpc) is 2.56. The van der Waals surface area contributed by atoms with E-state index in [1.54, 1.807) is 0 Å². The van der Waals surface area contributed by atoms with Crippen LogP contribution in [0.4, 0.5) is 0 Å². The normalized spacial score (nSPS) is 12.3. The minimum Gasteiger partial charge on any atom is -0.465 e. The summed E-state index contributed by atoms with van der Waals surface area (Å²) in [6.45, 7) is 7.30. The van der Waals surface area contributed by atoms with Crippen molar-refractivity contribution in [2.24, 2.45) is 5.92 Å². The van der Waals surface area contributed by atoms with Gasteiger partial charge in [0.2, 0.25) is 0 Å². The van der Waals surface area contributed by atoms with E-state index in [0.29, 0.717) is 6.61 Å². The fourth-order valence-corrected chi connectivity index (χ4v) is 3.00. The van der Waals surface area contributed by atoms with Gasteiger partial charge in [-0.3, -0.25) is 4.79 Å². The van der Waals surface area contributed by atoms with Crippen LogP contribution in [0.2, 0.25) is 0 Å². The summed E-state index contributed by atoms with van der Waals surface area (Å²) in [6.07, 6.45) is 18.2. The Hall–Kier alpha value is -0.530. The van der Waals surface area contributed by atoms with Crippen LogP contribution in [-0.2, 0) is 9.53 Å². The molecule has 1 unspecified atom stereocenters. The van der Waals surface area contributed by atoms with Crippen LogP contribution in [0.25, 0.3) is 0 Å². The van der Waals surface area contributed by atoms with Gasteiger partial charge in [-0.05, 0) is 19.3 Å². The molecule has 0 rings (SSSR count). The van der Waals surface area contributed by atoms with Gasteiger partial charge in [0.25, 0.3) is 0 Å². The zero-order chi connectivity index (χ0) is 17.2. The van der Waals surface area contributed by atoms with Gasteiger partial charge in [-0.15, -0.1) is 0 Å². The van der Waals surface area contributed by atoms with E-state index in [1.165, 1.54) is 64.2 Å². The van der Waals surface area contributed by atoms with E-state index >= 15 is 0 Å². The SMILES string of the molecule is CCCCCCCCCOC(=O)C(CCCC)CCCCCC. The fraction of sp³-hybridized carbons (Fsp3) is 0.952. The summed E-state index contributed by atoms with van der Waals surface area (Å²) >= 11 is 0. The van der Waals surface area contributed by atoms with Gasteiger partial charge in [0.15, 0.2) is 0 Å². The molecule has 0 heterocycles. The first-order valence-corrected chi connectivity index (χ1v) is 10.4. The third-order valence-electron chi connectivity index (χ3n) is 4.64. The van der Waals surface area contributed by atoms with Crippen molar-refractivity contribution in [1.82, 2.24) is 0 Å². The minimum atomic E-state index is 0.0703. The van der Waals surface area contributed by atoms with Crippen molar-refractivity contribution in [1.29, 1.82) is 0 Å². The molecule has 0 saturated heterocycles. The smallest absolute Gasteiger partial charge is 0.308 e. The lowest BCUT2D eigenvalue weighted by molar-refractivity contribution is -0.149. The van der Waals surface area contributed by atoms with E-state index in [2.05, 4.69) is 20.8 Å². The molecule has 2 nitrogen and oxygen atoms in total. The molecule has 0 fully saturated rings. The van der Waals surface area contributed by atoms with Gasteiger partial charge in [0.05, 0.1) is 12.5 Å². The molecule has 0 bridgehead atoms. The molecule has 0 radical (unpaired) electrons. The van der Waals surface area contributed by atoms with E-state index in [-0.39, 0.29) is 11.9 Å². The molecule has 0 N–H and O–H groups in total. The molecule has 0 spiro atoms. The molecule has 23 heavy (non-hydrogen) atoms. The maximum atomic E-state index is 12.3. The number of rotatable bonds is 17. The summed E-state index contributed by atoms with van der Waals surface area (Å²) in [4.78, 5) is 12.3. The highest BCUT2D eigenvalue weighted by molar-refractivity contribution is 5.72. The number of unbranched alkanes of at least 4 members (excludes halogenated alkanes) is 10. The minimum absolute atomic E-state index is 0.0703. The largest absolute Gasteiger partial charge is 0.465 e. The van der Waals surface area contributed by atoms with Gasteiger partial charge in [-0.25, -0.2) is 0 Å². The van der Waals surface area contributed by atoms with Gasteiger partial charge in [0, 0.05) is 0 Å². The highest BCUT2D eigenvalue weighted by Crippen LogP contribution is 2.19. The van der Waals surface area contributed by atoms with Gasteiger partial charge < -0.3 is 4.74 Å². The lowest BCUT2D eigenvalue weighted by Gasteiger charge is -2.15. The molecular formula is C21H42O2. The third-order valence-corrected chi connectivity index (χ3v) is 4.64. The fourth-order valence-electron chi connectivity index (χ4n) is 3.00. The Morgan fingerprint density at radius 2 is 1.13 bits per heavy atom. The van der Waals surface area contributed by atoms with Crippen molar-refractivity contribution in [3.63, 3.8) is 0 Å². The second-order valence-corrected chi connectivity index (χ2v) is 6.98. The first-order chi connectivity index (χ1) is 11.3. The molecule has 0 aliphatic rings. The summed E-state index contributed by atoms with van der Waals surface area (Å²) in [5.74, 6) is 0.220. The summed E-state index contributed by atoms with van der Waals surface area (Å²) in [7, 11) is 0. The van der Waals surface area contributed by atoms with Crippen LogP contribution >= 0.6 is 0 Å². The standard InChI is InChI=1S/C21H42O2/c1-4-7-10-12-13-14-16-19-23-21(22)20(17-9-6-3)18-15-11-8-5-2/h20H,4-19H2,1-3H3. The molecule has 0 aromatic carbocycles. The number of ether oxygens (including phenoxy) is 1. The zero-order valence-corrected chi connectivity index (χ0v) is 16.2. The molecular weight excluding hydrogens is 284 g/mol. The summed E-state index contributed by atoms with van der Waals surface area (Å²) in [5, 5.41) is 0. The van der Waals surface area contributed by atoms with E-state index in [4.69, 9.17) is 4.74 Å². The Morgan fingerprint density at radius 3 is 1.74 bits per heavy atom. The number of hydrogen-bond acceptors (Lipinski definition) is 2. The first kappa shape index (κ1) is 22.5. The molecule has 0 aromatic heterocycles. The van der Waals surface area contributed by atoms with Crippen molar-refractivity contribution in [3.8, 4) is 0 Å². The molecule has 138 valence electrons. The van der Waals surface area contributed by atoms with E-state index in [9.17, 15) is 4.79 Å².